The van der Waals surface area contributed by atoms with E-state index in [-0.39, 0.29) is 5.41 Å². The van der Waals surface area contributed by atoms with Crippen molar-refractivity contribution in [3.8, 4) is 5.75 Å². The Morgan fingerprint density at radius 1 is 1.04 bits per heavy atom. The minimum atomic E-state index is 0.258. The Kier molecular flexibility index (Phi) is 7.07. The maximum atomic E-state index is 5.99. The molecule has 2 rings (SSSR count). The van der Waals surface area contributed by atoms with Crippen molar-refractivity contribution in [3.63, 3.8) is 0 Å². The third-order valence-electron chi connectivity index (χ3n) is 4.79. The molecule has 0 saturated heterocycles. The van der Waals surface area contributed by atoms with E-state index in [2.05, 4.69) is 88.5 Å². The Balaban J connectivity index is 1.73. The Morgan fingerprint density at radius 3 is 2.48 bits per heavy atom. The first-order chi connectivity index (χ1) is 11.9. The summed E-state index contributed by atoms with van der Waals surface area (Å²) in [5.41, 5.74) is 4.06. The van der Waals surface area contributed by atoms with Crippen molar-refractivity contribution in [2.45, 2.75) is 53.5 Å². The largest absolute Gasteiger partial charge is 0.493 e. The first kappa shape index (κ1) is 19.5. The highest BCUT2D eigenvalue weighted by Gasteiger charge is 2.18. The molecule has 2 aromatic carbocycles. The first-order valence-electron chi connectivity index (χ1n) is 9.36. The van der Waals surface area contributed by atoms with Crippen molar-refractivity contribution in [3.05, 3.63) is 65.2 Å². The van der Waals surface area contributed by atoms with Crippen LogP contribution >= 0.6 is 0 Å². The van der Waals surface area contributed by atoms with Crippen LogP contribution in [0.5, 0.6) is 5.75 Å². The second-order valence-electron chi connectivity index (χ2n) is 7.90. The van der Waals surface area contributed by atoms with Gasteiger partial charge in [0, 0.05) is 12.6 Å². The van der Waals surface area contributed by atoms with Crippen LogP contribution in [-0.4, -0.2) is 13.2 Å². The lowest BCUT2D eigenvalue weighted by molar-refractivity contribution is 0.245. The number of hydrogen-bond donors (Lipinski definition) is 1. The van der Waals surface area contributed by atoms with Gasteiger partial charge in [0.25, 0.3) is 0 Å². The maximum absolute atomic E-state index is 5.99. The van der Waals surface area contributed by atoms with E-state index >= 15 is 0 Å². The zero-order valence-corrected chi connectivity index (χ0v) is 16.4. The van der Waals surface area contributed by atoms with Gasteiger partial charge in [-0.3, -0.25) is 0 Å². The summed E-state index contributed by atoms with van der Waals surface area (Å²) < 4.78 is 5.99. The lowest BCUT2D eigenvalue weighted by Gasteiger charge is -2.27. The van der Waals surface area contributed by atoms with E-state index in [1.807, 2.05) is 0 Å². The fourth-order valence-corrected chi connectivity index (χ4v) is 2.97. The summed E-state index contributed by atoms with van der Waals surface area (Å²) in [7, 11) is 0. The average Bonchev–Trinajstić information content (AvgIpc) is 2.60. The minimum absolute atomic E-state index is 0.258. The number of benzene rings is 2. The Morgan fingerprint density at radius 2 is 1.76 bits per heavy atom. The molecule has 0 fully saturated rings. The summed E-state index contributed by atoms with van der Waals surface area (Å²) in [6.45, 7) is 12.9. The maximum Gasteiger partial charge on any atom is 0.122 e. The molecule has 0 aromatic heterocycles. The zero-order valence-electron chi connectivity index (χ0n) is 16.4. The fourth-order valence-electron chi connectivity index (χ4n) is 2.97. The van der Waals surface area contributed by atoms with Gasteiger partial charge in [-0.1, -0.05) is 56.3 Å². The van der Waals surface area contributed by atoms with E-state index in [0.29, 0.717) is 6.04 Å². The highest BCUT2D eigenvalue weighted by molar-refractivity contribution is 5.35. The number of nitrogens with one attached hydrogen (secondary N) is 1. The fraction of sp³-hybridized carbons (Fsp3) is 0.478. The first-order valence-corrected chi connectivity index (χ1v) is 9.36. The third kappa shape index (κ3) is 6.55. The van der Waals surface area contributed by atoms with Crippen molar-refractivity contribution in [1.82, 2.24) is 5.32 Å². The monoisotopic (exact) mass is 339 g/mol. The summed E-state index contributed by atoms with van der Waals surface area (Å²) in [6, 6.07) is 17.4. The van der Waals surface area contributed by atoms with Gasteiger partial charge in [-0.15, -0.1) is 0 Å². The molecule has 0 aliphatic rings. The molecule has 1 atom stereocenters. The molecule has 0 radical (unpaired) electrons. The van der Waals surface area contributed by atoms with Crippen LogP contribution in [0.3, 0.4) is 0 Å². The van der Waals surface area contributed by atoms with E-state index in [1.54, 1.807) is 0 Å². The van der Waals surface area contributed by atoms with Crippen LogP contribution in [-0.2, 0) is 0 Å². The molecule has 0 amide bonds. The van der Waals surface area contributed by atoms with Crippen molar-refractivity contribution < 1.29 is 4.74 Å². The van der Waals surface area contributed by atoms with Gasteiger partial charge in [-0.05, 0) is 61.8 Å². The molecule has 25 heavy (non-hydrogen) atoms. The van der Waals surface area contributed by atoms with E-state index < -0.39 is 0 Å². The van der Waals surface area contributed by atoms with Crippen LogP contribution in [0.1, 0.15) is 56.3 Å². The molecule has 0 saturated carbocycles. The minimum Gasteiger partial charge on any atom is -0.493 e. The van der Waals surface area contributed by atoms with Crippen LogP contribution in [0, 0.1) is 19.3 Å². The van der Waals surface area contributed by atoms with Gasteiger partial charge in [0.1, 0.15) is 5.75 Å². The average molecular weight is 340 g/mol. The summed E-state index contributed by atoms with van der Waals surface area (Å²) in [5, 5.41) is 3.67. The molecule has 136 valence electrons. The van der Waals surface area contributed by atoms with Crippen LogP contribution in [0.4, 0.5) is 0 Å². The Labute approximate surface area is 153 Å². The van der Waals surface area contributed by atoms with Crippen molar-refractivity contribution in [2.75, 3.05) is 13.2 Å². The standard InChI is InChI=1S/C23H33NO/c1-18-12-13-19(2)22(16-18)25-15-9-14-23(4,5)17-24-20(3)21-10-7-6-8-11-21/h6-8,10-13,16,20,24H,9,14-15,17H2,1-5H3. The molecule has 2 heteroatoms. The van der Waals surface area contributed by atoms with Crippen molar-refractivity contribution >= 4 is 0 Å². The van der Waals surface area contributed by atoms with Crippen LogP contribution < -0.4 is 10.1 Å². The van der Waals surface area contributed by atoms with Crippen LogP contribution in [0.15, 0.2) is 48.5 Å². The zero-order chi connectivity index (χ0) is 18.3. The number of aryl methyl sites for hydroxylation is 2. The normalized spacial score (nSPS) is 12.8. The van der Waals surface area contributed by atoms with E-state index in [0.717, 1.165) is 31.7 Å². The molecule has 1 N–H and O–H groups in total. The molecular formula is C23H33NO. The molecule has 0 heterocycles. The predicted octanol–water partition coefficient (Wildman–Crippen LogP) is 5.84. The van der Waals surface area contributed by atoms with Crippen molar-refractivity contribution in [1.29, 1.82) is 0 Å². The van der Waals surface area contributed by atoms with Gasteiger partial charge < -0.3 is 10.1 Å². The molecule has 0 aliphatic heterocycles. The molecule has 0 spiro atoms. The van der Waals surface area contributed by atoms with E-state index in [4.69, 9.17) is 4.74 Å². The third-order valence-corrected chi connectivity index (χ3v) is 4.79. The molecule has 1 unspecified atom stereocenters. The lowest BCUT2D eigenvalue weighted by atomic mass is 9.87. The lowest BCUT2D eigenvalue weighted by Crippen LogP contribution is -2.31. The number of rotatable bonds is 9. The van der Waals surface area contributed by atoms with Gasteiger partial charge in [0.05, 0.1) is 6.61 Å². The summed E-state index contributed by atoms with van der Waals surface area (Å²) in [5.74, 6) is 1.02. The van der Waals surface area contributed by atoms with Crippen LogP contribution in [0.25, 0.3) is 0 Å². The second kappa shape index (κ2) is 9.05. The smallest absolute Gasteiger partial charge is 0.122 e. The quantitative estimate of drug-likeness (QED) is 0.580. The van der Waals surface area contributed by atoms with E-state index in [9.17, 15) is 0 Å². The molecule has 0 bridgehead atoms. The number of ether oxygens (including phenoxy) is 1. The SMILES string of the molecule is Cc1ccc(C)c(OCCCC(C)(C)CNC(C)c2ccccc2)c1. The van der Waals surface area contributed by atoms with Gasteiger partial charge in [-0.25, -0.2) is 0 Å². The Bertz CT molecular complexity index is 648. The number of hydrogen-bond acceptors (Lipinski definition) is 2. The van der Waals surface area contributed by atoms with Gasteiger partial charge in [0.15, 0.2) is 0 Å². The van der Waals surface area contributed by atoms with Crippen molar-refractivity contribution in [2.24, 2.45) is 5.41 Å². The Hall–Kier alpha value is -1.80. The highest BCUT2D eigenvalue weighted by Crippen LogP contribution is 2.24. The van der Waals surface area contributed by atoms with Gasteiger partial charge in [0.2, 0.25) is 0 Å². The predicted molar refractivity (Wildman–Crippen MR) is 107 cm³/mol. The molecule has 2 aromatic rings. The second-order valence-corrected chi connectivity index (χ2v) is 7.90. The molecule has 2 nitrogen and oxygen atoms in total. The van der Waals surface area contributed by atoms with Crippen LogP contribution in [0.2, 0.25) is 0 Å². The summed E-state index contributed by atoms with van der Waals surface area (Å²) in [4.78, 5) is 0. The molecular weight excluding hydrogens is 306 g/mol. The van der Waals surface area contributed by atoms with Gasteiger partial charge in [-0.2, -0.15) is 0 Å². The summed E-state index contributed by atoms with van der Waals surface area (Å²) >= 11 is 0. The van der Waals surface area contributed by atoms with Gasteiger partial charge >= 0.3 is 0 Å². The summed E-state index contributed by atoms with van der Waals surface area (Å²) in [6.07, 6.45) is 2.22. The topological polar surface area (TPSA) is 21.3 Å². The van der Waals surface area contributed by atoms with E-state index in [1.165, 1.54) is 16.7 Å². The highest BCUT2D eigenvalue weighted by atomic mass is 16.5. The molecule has 0 aliphatic carbocycles.